The van der Waals surface area contributed by atoms with Gasteiger partial charge in [0, 0.05) is 5.92 Å². The lowest BCUT2D eigenvalue weighted by Crippen LogP contribution is -2.45. The van der Waals surface area contributed by atoms with Crippen molar-refractivity contribution in [1.82, 2.24) is 10.6 Å². The van der Waals surface area contributed by atoms with Crippen LogP contribution in [0.4, 0.5) is 4.79 Å². The standard InChI is InChI=1S/C56H54N2O4/c1-39-25-31-42(32-26-39)53(43-33-27-40(2)28-34-43)62-54(59)52(58-55(60)61-38-51-49-22-12-10-20-47(49)48-21-11-13-23-50(48)51)24-14-15-37-57-56(44-16-6-4-7-17-44,45-18-8-5-9-19-45)46-35-29-41(3)30-36-46/h4-13,16-23,25-36,51-53,57H,14-15,24,37-38H2,1-3H3,(H,58,60)/t52-/m0/s1. The number of nitrogens with one attached hydrogen (secondary N) is 2. The fourth-order valence-corrected chi connectivity index (χ4v) is 8.78. The van der Waals surface area contributed by atoms with E-state index in [1.165, 1.54) is 5.56 Å². The molecule has 0 saturated heterocycles. The lowest BCUT2D eigenvalue weighted by Gasteiger charge is -2.37. The lowest BCUT2D eigenvalue weighted by molar-refractivity contribution is -0.150. The third-order valence-electron chi connectivity index (χ3n) is 12.1. The molecule has 312 valence electrons. The van der Waals surface area contributed by atoms with Gasteiger partial charge in [-0.2, -0.15) is 0 Å². The summed E-state index contributed by atoms with van der Waals surface area (Å²) in [6, 6.07) is 61.4. The number of alkyl carbamates (subject to hydrolysis) is 1. The van der Waals surface area contributed by atoms with E-state index in [0.29, 0.717) is 19.4 Å². The van der Waals surface area contributed by atoms with E-state index in [0.717, 1.165) is 67.6 Å². The zero-order valence-corrected chi connectivity index (χ0v) is 35.7. The number of aryl methyl sites for hydroxylation is 3. The van der Waals surface area contributed by atoms with E-state index < -0.39 is 29.7 Å². The van der Waals surface area contributed by atoms with E-state index in [1.807, 2.05) is 98.8 Å². The zero-order valence-electron chi connectivity index (χ0n) is 35.7. The number of hydrogen-bond acceptors (Lipinski definition) is 5. The van der Waals surface area contributed by atoms with Crippen LogP contribution < -0.4 is 10.6 Å². The maximum absolute atomic E-state index is 14.5. The van der Waals surface area contributed by atoms with Crippen molar-refractivity contribution in [1.29, 1.82) is 0 Å². The number of benzene rings is 7. The first-order chi connectivity index (χ1) is 30.3. The Hall–Kier alpha value is -6.76. The van der Waals surface area contributed by atoms with E-state index in [9.17, 15) is 9.59 Å². The molecule has 62 heavy (non-hydrogen) atoms. The smallest absolute Gasteiger partial charge is 0.407 e. The second-order valence-electron chi connectivity index (χ2n) is 16.4. The van der Waals surface area contributed by atoms with Gasteiger partial charge in [-0.05, 0) is 96.6 Å². The first kappa shape index (κ1) is 42.0. The van der Waals surface area contributed by atoms with Gasteiger partial charge in [0.25, 0.3) is 0 Å². The molecule has 2 N–H and O–H groups in total. The van der Waals surface area contributed by atoms with Crippen LogP contribution in [0.15, 0.2) is 182 Å². The van der Waals surface area contributed by atoms with Gasteiger partial charge in [0.2, 0.25) is 0 Å². The number of ether oxygens (including phenoxy) is 2. The van der Waals surface area contributed by atoms with Crippen molar-refractivity contribution < 1.29 is 19.1 Å². The maximum atomic E-state index is 14.5. The molecule has 7 aromatic carbocycles. The maximum Gasteiger partial charge on any atom is 0.407 e. The quantitative estimate of drug-likeness (QED) is 0.0577. The summed E-state index contributed by atoms with van der Waals surface area (Å²) in [5.41, 5.74) is 12.4. The second-order valence-corrected chi connectivity index (χ2v) is 16.4. The van der Waals surface area contributed by atoms with Gasteiger partial charge in [-0.1, -0.05) is 199 Å². The molecular formula is C56H54N2O4. The van der Waals surface area contributed by atoms with Gasteiger partial charge >= 0.3 is 12.1 Å². The fourth-order valence-electron chi connectivity index (χ4n) is 8.78. The van der Waals surface area contributed by atoms with Crippen LogP contribution in [0, 0.1) is 20.8 Å². The SMILES string of the molecule is Cc1ccc(C(OC(=O)[C@H](CCCCNC(c2ccccc2)(c2ccccc2)c2ccc(C)cc2)NC(=O)OCC2c3ccccc3-c3ccccc32)c2ccc(C)cc2)cc1. The molecular weight excluding hydrogens is 765 g/mol. The Morgan fingerprint density at radius 2 is 1.00 bits per heavy atom. The van der Waals surface area contributed by atoms with Crippen molar-refractivity contribution in [2.75, 3.05) is 13.2 Å². The predicted octanol–water partition coefficient (Wildman–Crippen LogP) is 11.9. The first-order valence-corrected chi connectivity index (χ1v) is 21.7. The van der Waals surface area contributed by atoms with Crippen LogP contribution in [0.1, 0.15) is 86.9 Å². The van der Waals surface area contributed by atoms with Gasteiger partial charge in [0.1, 0.15) is 12.6 Å². The van der Waals surface area contributed by atoms with E-state index in [-0.39, 0.29) is 12.5 Å². The zero-order chi connectivity index (χ0) is 42.9. The van der Waals surface area contributed by atoms with Crippen LogP contribution in [-0.2, 0) is 19.8 Å². The molecule has 0 spiro atoms. The molecule has 1 amide bonds. The van der Waals surface area contributed by atoms with Crippen LogP contribution in [-0.4, -0.2) is 31.3 Å². The Bertz CT molecular complexity index is 2440. The third kappa shape index (κ3) is 9.26. The molecule has 0 unspecified atom stereocenters. The minimum Gasteiger partial charge on any atom is -0.451 e. The molecule has 1 aliphatic rings. The van der Waals surface area contributed by atoms with Crippen molar-refractivity contribution in [2.24, 2.45) is 0 Å². The summed E-state index contributed by atoms with van der Waals surface area (Å²) in [4.78, 5) is 28.3. The van der Waals surface area contributed by atoms with Gasteiger partial charge in [0.05, 0.1) is 5.54 Å². The molecule has 1 aliphatic carbocycles. The largest absolute Gasteiger partial charge is 0.451 e. The number of hydrogen-bond donors (Lipinski definition) is 2. The van der Waals surface area contributed by atoms with Crippen LogP contribution >= 0.6 is 0 Å². The van der Waals surface area contributed by atoms with Gasteiger partial charge in [-0.3, -0.25) is 5.32 Å². The summed E-state index contributed by atoms with van der Waals surface area (Å²) in [6.07, 6.45) is 0.393. The molecule has 0 aliphatic heterocycles. The monoisotopic (exact) mass is 818 g/mol. The Balaban J connectivity index is 1.02. The summed E-state index contributed by atoms with van der Waals surface area (Å²) < 4.78 is 12.4. The van der Waals surface area contributed by atoms with Crippen LogP contribution in [0.2, 0.25) is 0 Å². The highest BCUT2D eigenvalue weighted by Gasteiger charge is 2.36. The molecule has 1 atom stereocenters. The lowest BCUT2D eigenvalue weighted by atomic mass is 9.76. The highest BCUT2D eigenvalue weighted by atomic mass is 16.6. The minimum atomic E-state index is -0.950. The molecule has 0 aromatic heterocycles. The Labute approximate surface area is 366 Å². The molecule has 0 radical (unpaired) electrons. The highest BCUT2D eigenvalue weighted by molar-refractivity contribution is 5.82. The molecule has 6 nitrogen and oxygen atoms in total. The highest BCUT2D eigenvalue weighted by Crippen LogP contribution is 2.44. The van der Waals surface area contributed by atoms with Gasteiger partial charge in [-0.25, -0.2) is 9.59 Å². The molecule has 0 heterocycles. The Kier molecular flexibility index (Phi) is 13.1. The molecule has 8 rings (SSSR count). The number of esters is 1. The number of rotatable bonds is 16. The molecule has 0 bridgehead atoms. The van der Waals surface area contributed by atoms with Crippen molar-refractivity contribution in [3.63, 3.8) is 0 Å². The third-order valence-corrected chi connectivity index (χ3v) is 12.1. The summed E-state index contributed by atoms with van der Waals surface area (Å²) >= 11 is 0. The van der Waals surface area contributed by atoms with E-state index in [2.05, 4.69) is 115 Å². The number of carbonyl (C=O) groups is 2. The first-order valence-electron chi connectivity index (χ1n) is 21.7. The van der Waals surface area contributed by atoms with Crippen LogP contribution in [0.5, 0.6) is 0 Å². The van der Waals surface area contributed by atoms with Crippen molar-refractivity contribution in [3.05, 3.63) is 238 Å². The molecule has 6 heteroatoms. The summed E-state index contributed by atoms with van der Waals surface area (Å²) in [5.74, 6) is -0.625. The average Bonchev–Trinajstić information content (AvgIpc) is 3.63. The van der Waals surface area contributed by atoms with Crippen molar-refractivity contribution in [3.8, 4) is 11.1 Å². The van der Waals surface area contributed by atoms with Crippen molar-refractivity contribution >= 4 is 12.1 Å². The van der Waals surface area contributed by atoms with Gasteiger partial charge in [-0.15, -0.1) is 0 Å². The number of unbranched alkanes of at least 4 members (excludes halogenated alkanes) is 1. The predicted molar refractivity (Wildman–Crippen MR) is 248 cm³/mol. The Morgan fingerprint density at radius 3 is 1.52 bits per heavy atom. The summed E-state index contributed by atoms with van der Waals surface area (Å²) in [6.45, 7) is 6.95. The number of carbonyl (C=O) groups excluding carboxylic acids is 2. The van der Waals surface area contributed by atoms with Crippen LogP contribution in [0.3, 0.4) is 0 Å². The fraction of sp³-hybridized carbons (Fsp3) is 0.214. The summed E-state index contributed by atoms with van der Waals surface area (Å²) in [5, 5.41) is 6.92. The van der Waals surface area contributed by atoms with Crippen LogP contribution in [0.25, 0.3) is 11.1 Å². The minimum absolute atomic E-state index is 0.111. The van der Waals surface area contributed by atoms with E-state index in [4.69, 9.17) is 9.47 Å². The molecule has 0 saturated carbocycles. The van der Waals surface area contributed by atoms with Gasteiger partial charge in [0.15, 0.2) is 6.10 Å². The molecule has 7 aromatic rings. The number of fused-ring (bicyclic) bond motifs is 3. The van der Waals surface area contributed by atoms with E-state index >= 15 is 0 Å². The summed E-state index contributed by atoms with van der Waals surface area (Å²) in [7, 11) is 0. The topological polar surface area (TPSA) is 76.7 Å². The average molecular weight is 819 g/mol. The molecule has 0 fully saturated rings. The second kappa shape index (κ2) is 19.3. The number of amides is 1. The van der Waals surface area contributed by atoms with Crippen molar-refractivity contribution in [2.45, 2.75) is 63.6 Å². The van der Waals surface area contributed by atoms with E-state index in [1.54, 1.807) is 0 Å². The van der Waals surface area contributed by atoms with Gasteiger partial charge < -0.3 is 14.8 Å². The normalized spacial score (nSPS) is 12.6. The Morgan fingerprint density at radius 1 is 0.548 bits per heavy atom.